The molecule has 7 heteroatoms. The van der Waals surface area contributed by atoms with Gasteiger partial charge in [0.25, 0.3) is 5.91 Å². The Morgan fingerprint density at radius 1 is 1.44 bits per heavy atom. The number of aromatic nitrogens is 1. The molecule has 0 saturated carbocycles. The average molecular weight is 251 g/mol. The van der Waals surface area contributed by atoms with Gasteiger partial charge in [-0.2, -0.15) is 0 Å². The number of rotatable bonds is 2. The molecule has 0 spiro atoms. The molecule has 2 rings (SSSR count). The number of carbonyl (C=O) groups excluding carboxylic acids is 1. The molecule has 2 heterocycles. The van der Waals surface area contributed by atoms with Crippen molar-refractivity contribution in [3.05, 3.63) is 24.0 Å². The molecular formula is C11H13N3O4. The molecule has 1 aliphatic heterocycles. The second-order valence-corrected chi connectivity index (χ2v) is 4.18. The van der Waals surface area contributed by atoms with E-state index in [1.54, 1.807) is 0 Å². The van der Waals surface area contributed by atoms with E-state index in [0.717, 1.165) is 4.90 Å². The highest BCUT2D eigenvalue weighted by Gasteiger charge is 2.39. The second kappa shape index (κ2) is 4.61. The normalized spacial score (nSPS) is 23.1. The Hall–Kier alpha value is -2.15. The molecule has 4 N–H and O–H groups in total. The maximum absolute atomic E-state index is 12.1. The SMILES string of the molecule is Nc1ccc(C(=O)N2C[C@@H](O)C[C@H]2C(=O)O)nc1. The first-order valence-electron chi connectivity index (χ1n) is 5.42. The van der Waals surface area contributed by atoms with Gasteiger partial charge in [-0.15, -0.1) is 0 Å². The molecule has 0 unspecified atom stereocenters. The molecule has 0 radical (unpaired) electrons. The number of aliphatic hydroxyl groups excluding tert-OH is 1. The predicted octanol–water partition coefficient (Wildman–Crippen LogP) is -0.676. The van der Waals surface area contributed by atoms with Crippen molar-refractivity contribution in [2.75, 3.05) is 12.3 Å². The van der Waals surface area contributed by atoms with E-state index in [1.165, 1.54) is 18.3 Å². The van der Waals surface area contributed by atoms with E-state index in [9.17, 15) is 14.7 Å². The van der Waals surface area contributed by atoms with Gasteiger partial charge in [-0.25, -0.2) is 9.78 Å². The van der Waals surface area contributed by atoms with E-state index < -0.39 is 24.0 Å². The zero-order valence-corrected chi connectivity index (χ0v) is 9.48. The van der Waals surface area contributed by atoms with E-state index >= 15 is 0 Å². The smallest absolute Gasteiger partial charge is 0.326 e. The van der Waals surface area contributed by atoms with Gasteiger partial charge < -0.3 is 20.8 Å². The molecule has 1 aromatic rings. The van der Waals surface area contributed by atoms with Crippen LogP contribution in [0.2, 0.25) is 0 Å². The van der Waals surface area contributed by atoms with Gasteiger partial charge in [0.15, 0.2) is 0 Å². The summed E-state index contributed by atoms with van der Waals surface area (Å²) >= 11 is 0. The van der Waals surface area contributed by atoms with Crippen LogP contribution >= 0.6 is 0 Å². The number of likely N-dealkylation sites (tertiary alicyclic amines) is 1. The molecule has 96 valence electrons. The fourth-order valence-electron chi connectivity index (χ4n) is 1.95. The minimum absolute atomic E-state index is 0.00184. The fourth-order valence-corrected chi connectivity index (χ4v) is 1.95. The van der Waals surface area contributed by atoms with Crippen molar-refractivity contribution in [3.63, 3.8) is 0 Å². The number of nitrogens with two attached hydrogens (primary N) is 1. The van der Waals surface area contributed by atoms with Crippen LogP contribution in [0.15, 0.2) is 18.3 Å². The maximum atomic E-state index is 12.1. The third-order valence-electron chi connectivity index (χ3n) is 2.83. The van der Waals surface area contributed by atoms with Crippen molar-refractivity contribution >= 4 is 17.6 Å². The van der Waals surface area contributed by atoms with Gasteiger partial charge in [-0.1, -0.05) is 0 Å². The first kappa shape index (κ1) is 12.3. The number of nitrogen functional groups attached to an aromatic ring is 1. The van der Waals surface area contributed by atoms with Crippen LogP contribution in [-0.2, 0) is 4.79 Å². The van der Waals surface area contributed by atoms with Crippen LogP contribution in [0, 0.1) is 0 Å². The van der Waals surface area contributed by atoms with Crippen LogP contribution in [0.5, 0.6) is 0 Å². The molecular weight excluding hydrogens is 238 g/mol. The fraction of sp³-hybridized carbons (Fsp3) is 0.364. The lowest BCUT2D eigenvalue weighted by Gasteiger charge is -2.20. The van der Waals surface area contributed by atoms with E-state index in [-0.39, 0.29) is 18.7 Å². The lowest BCUT2D eigenvalue weighted by atomic mass is 10.2. The van der Waals surface area contributed by atoms with Gasteiger partial charge in [-0.05, 0) is 12.1 Å². The maximum Gasteiger partial charge on any atom is 0.326 e. The zero-order valence-electron chi connectivity index (χ0n) is 9.48. The number of carboxylic acids is 1. The van der Waals surface area contributed by atoms with Gasteiger partial charge in [0.1, 0.15) is 11.7 Å². The highest BCUT2D eigenvalue weighted by molar-refractivity contribution is 5.95. The van der Waals surface area contributed by atoms with Crippen molar-refractivity contribution in [1.82, 2.24) is 9.88 Å². The van der Waals surface area contributed by atoms with E-state index in [2.05, 4.69) is 4.98 Å². The standard InChI is InChI=1S/C11H13N3O4/c12-6-1-2-8(13-4-6)10(16)14-5-7(15)3-9(14)11(17)18/h1-2,4,7,9,15H,3,5,12H2,(H,17,18)/t7-,9-/m0/s1. The predicted molar refractivity (Wildman–Crippen MR) is 61.7 cm³/mol. The quantitative estimate of drug-likeness (QED) is 0.641. The first-order chi connectivity index (χ1) is 8.49. The Balaban J connectivity index is 2.22. The summed E-state index contributed by atoms with van der Waals surface area (Å²) < 4.78 is 0. The Labute approximate surface area is 103 Å². The van der Waals surface area contributed by atoms with Gasteiger partial charge in [-0.3, -0.25) is 4.79 Å². The van der Waals surface area contributed by atoms with Crippen LogP contribution in [0.25, 0.3) is 0 Å². The number of carboxylic acid groups (broad SMARTS) is 1. The number of amides is 1. The summed E-state index contributed by atoms with van der Waals surface area (Å²) in [5.74, 6) is -1.64. The van der Waals surface area contributed by atoms with Crippen LogP contribution in [-0.4, -0.2) is 50.7 Å². The molecule has 0 aliphatic carbocycles. The number of aliphatic hydroxyl groups is 1. The number of anilines is 1. The number of nitrogens with zero attached hydrogens (tertiary/aromatic N) is 2. The molecule has 1 amide bonds. The van der Waals surface area contributed by atoms with Crippen molar-refractivity contribution in [2.45, 2.75) is 18.6 Å². The Morgan fingerprint density at radius 2 is 2.17 bits per heavy atom. The lowest BCUT2D eigenvalue weighted by Crippen LogP contribution is -2.40. The van der Waals surface area contributed by atoms with Crippen molar-refractivity contribution in [2.24, 2.45) is 0 Å². The molecule has 1 aliphatic rings. The van der Waals surface area contributed by atoms with Crippen LogP contribution in [0.1, 0.15) is 16.9 Å². The molecule has 1 aromatic heterocycles. The minimum Gasteiger partial charge on any atom is -0.480 e. The van der Waals surface area contributed by atoms with Crippen molar-refractivity contribution in [1.29, 1.82) is 0 Å². The molecule has 0 aromatic carbocycles. The molecule has 0 bridgehead atoms. The summed E-state index contributed by atoms with van der Waals surface area (Å²) in [4.78, 5) is 28.0. The molecule has 18 heavy (non-hydrogen) atoms. The van der Waals surface area contributed by atoms with Gasteiger partial charge in [0.2, 0.25) is 0 Å². The van der Waals surface area contributed by atoms with E-state index in [0.29, 0.717) is 5.69 Å². The molecule has 1 fully saturated rings. The summed E-state index contributed by atoms with van der Waals surface area (Å²) in [6.07, 6.45) is 0.551. The summed E-state index contributed by atoms with van der Waals surface area (Å²) in [5, 5.41) is 18.5. The number of aliphatic carboxylic acids is 1. The lowest BCUT2D eigenvalue weighted by molar-refractivity contribution is -0.141. The third kappa shape index (κ3) is 2.25. The molecule has 1 saturated heterocycles. The minimum atomic E-state index is -1.13. The zero-order chi connectivity index (χ0) is 13.3. The van der Waals surface area contributed by atoms with Crippen molar-refractivity contribution in [3.8, 4) is 0 Å². The van der Waals surface area contributed by atoms with Crippen molar-refractivity contribution < 1.29 is 19.8 Å². The van der Waals surface area contributed by atoms with E-state index in [1.807, 2.05) is 0 Å². The van der Waals surface area contributed by atoms with Gasteiger partial charge >= 0.3 is 5.97 Å². The second-order valence-electron chi connectivity index (χ2n) is 4.18. The monoisotopic (exact) mass is 251 g/mol. The first-order valence-corrected chi connectivity index (χ1v) is 5.42. The van der Waals surface area contributed by atoms with Crippen LogP contribution in [0.3, 0.4) is 0 Å². The van der Waals surface area contributed by atoms with Gasteiger partial charge in [0, 0.05) is 13.0 Å². The summed E-state index contributed by atoms with van der Waals surface area (Å²) in [6.45, 7) is 0.00184. The number of β-amino-alcohol motifs (C(OH)–C–C–N with tert-alkyl or cyclic N) is 1. The van der Waals surface area contributed by atoms with Crippen LogP contribution in [0.4, 0.5) is 5.69 Å². The third-order valence-corrected chi connectivity index (χ3v) is 2.83. The molecule has 7 nitrogen and oxygen atoms in total. The number of hydrogen-bond acceptors (Lipinski definition) is 5. The van der Waals surface area contributed by atoms with Crippen LogP contribution < -0.4 is 5.73 Å². The summed E-state index contributed by atoms with van der Waals surface area (Å²) in [7, 11) is 0. The van der Waals surface area contributed by atoms with E-state index in [4.69, 9.17) is 10.8 Å². The Bertz CT molecular complexity index is 474. The summed E-state index contributed by atoms with van der Waals surface area (Å²) in [6, 6.07) is 1.94. The Morgan fingerprint density at radius 3 is 2.72 bits per heavy atom. The number of pyridine rings is 1. The largest absolute Gasteiger partial charge is 0.480 e. The Kier molecular flexibility index (Phi) is 3.15. The summed E-state index contributed by atoms with van der Waals surface area (Å²) in [5.41, 5.74) is 5.99. The molecule has 2 atom stereocenters. The highest BCUT2D eigenvalue weighted by atomic mass is 16.4. The number of carbonyl (C=O) groups is 2. The van der Waals surface area contributed by atoms with Gasteiger partial charge in [0.05, 0.1) is 18.0 Å². The highest BCUT2D eigenvalue weighted by Crippen LogP contribution is 2.20. The topological polar surface area (TPSA) is 117 Å². The average Bonchev–Trinajstić information content (AvgIpc) is 2.71. The number of hydrogen-bond donors (Lipinski definition) is 3.